The molecule has 3 atom stereocenters. The van der Waals surface area contributed by atoms with Crippen LogP contribution >= 0.6 is 0 Å². The van der Waals surface area contributed by atoms with Crippen molar-refractivity contribution in [1.82, 2.24) is 0 Å². The molecule has 0 saturated carbocycles. The number of rotatable bonds is 6. The quantitative estimate of drug-likeness (QED) is 0.706. The summed E-state index contributed by atoms with van der Waals surface area (Å²) in [6, 6.07) is -0.553. The molecule has 0 aromatic carbocycles. The Labute approximate surface area is 115 Å². The molecule has 0 fully saturated rings. The number of esters is 1. The van der Waals surface area contributed by atoms with Crippen LogP contribution in [0.25, 0.3) is 0 Å². The number of nitrogens with two attached hydrogens (primary N) is 2. The third-order valence-corrected chi connectivity index (χ3v) is 3.49. The van der Waals surface area contributed by atoms with Crippen LogP contribution in [0.5, 0.6) is 0 Å². The van der Waals surface area contributed by atoms with E-state index in [0.717, 1.165) is 12.8 Å². The molecule has 0 bridgehead atoms. The van der Waals surface area contributed by atoms with E-state index in [0.29, 0.717) is 18.6 Å². The van der Waals surface area contributed by atoms with Crippen LogP contribution in [-0.4, -0.2) is 36.9 Å². The first-order valence-electron chi connectivity index (χ1n) is 7.07. The SMILES string of the molecule is CCOC(=O)C1=C[C@@H](OC(CC)CC)C(N)[C@@H](N)C1. The molecule has 5 heteroatoms. The molecule has 0 heterocycles. The van der Waals surface area contributed by atoms with Gasteiger partial charge in [-0.3, -0.25) is 0 Å². The first-order valence-corrected chi connectivity index (χ1v) is 7.07. The lowest BCUT2D eigenvalue weighted by Gasteiger charge is -2.34. The lowest BCUT2D eigenvalue weighted by molar-refractivity contribution is -0.139. The van der Waals surface area contributed by atoms with Crippen LogP contribution in [0, 0.1) is 0 Å². The largest absolute Gasteiger partial charge is 0.463 e. The molecule has 0 amide bonds. The summed E-state index contributed by atoms with van der Waals surface area (Å²) in [5.41, 5.74) is 12.6. The smallest absolute Gasteiger partial charge is 0.333 e. The fourth-order valence-corrected chi connectivity index (χ4v) is 2.22. The highest BCUT2D eigenvalue weighted by Crippen LogP contribution is 2.22. The minimum atomic E-state index is -0.317. The van der Waals surface area contributed by atoms with Gasteiger partial charge in [0.05, 0.1) is 18.8 Å². The van der Waals surface area contributed by atoms with Gasteiger partial charge in [-0.05, 0) is 32.3 Å². The molecule has 4 N–H and O–H groups in total. The van der Waals surface area contributed by atoms with E-state index in [2.05, 4.69) is 13.8 Å². The number of hydrogen-bond donors (Lipinski definition) is 2. The van der Waals surface area contributed by atoms with Gasteiger partial charge in [0.2, 0.25) is 0 Å². The van der Waals surface area contributed by atoms with Gasteiger partial charge in [-0.1, -0.05) is 13.8 Å². The number of carbonyl (C=O) groups is 1. The number of hydrogen-bond acceptors (Lipinski definition) is 5. The summed E-state index contributed by atoms with van der Waals surface area (Å²) < 4.78 is 11.0. The molecule has 1 aliphatic carbocycles. The topological polar surface area (TPSA) is 87.6 Å². The van der Waals surface area contributed by atoms with Crippen molar-refractivity contribution in [1.29, 1.82) is 0 Å². The van der Waals surface area contributed by atoms with Crippen molar-refractivity contribution in [2.24, 2.45) is 11.5 Å². The highest BCUT2D eigenvalue weighted by atomic mass is 16.5. The minimum Gasteiger partial charge on any atom is -0.463 e. The molecule has 1 aliphatic rings. The van der Waals surface area contributed by atoms with E-state index in [4.69, 9.17) is 20.9 Å². The van der Waals surface area contributed by atoms with Crippen molar-refractivity contribution < 1.29 is 14.3 Å². The minimum absolute atomic E-state index is 0.140. The Hall–Kier alpha value is -0.910. The zero-order valence-electron chi connectivity index (χ0n) is 12.1. The molecule has 0 spiro atoms. The van der Waals surface area contributed by atoms with Crippen molar-refractivity contribution in [2.45, 2.75) is 64.3 Å². The molecule has 0 aromatic rings. The van der Waals surface area contributed by atoms with Gasteiger partial charge in [0.25, 0.3) is 0 Å². The second-order valence-electron chi connectivity index (χ2n) is 4.90. The summed E-state index contributed by atoms with van der Waals surface area (Å²) in [6.45, 7) is 6.28. The van der Waals surface area contributed by atoms with Gasteiger partial charge >= 0.3 is 5.97 Å². The van der Waals surface area contributed by atoms with E-state index in [1.54, 1.807) is 13.0 Å². The average molecular weight is 270 g/mol. The van der Waals surface area contributed by atoms with Crippen LogP contribution in [-0.2, 0) is 14.3 Å². The first-order chi connectivity index (χ1) is 9.03. The standard InChI is InChI=1S/C14H26N2O3/c1-4-10(5-2)19-12-8-9(14(17)18-6-3)7-11(15)13(12)16/h8,10-13H,4-7,15-16H2,1-3H3/t11-,12+,13?/m0/s1. The van der Waals surface area contributed by atoms with E-state index >= 15 is 0 Å². The van der Waals surface area contributed by atoms with Crippen molar-refractivity contribution in [3.8, 4) is 0 Å². The zero-order valence-corrected chi connectivity index (χ0v) is 12.1. The fourth-order valence-electron chi connectivity index (χ4n) is 2.22. The maximum atomic E-state index is 11.8. The molecular weight excluding hydrogens is 244 g/mol. The highest BCUT2D eigenvalue weighted by molar-refractivity contribution is 5.89. The summed E-state index contributed by atoms with van der Waals surface area (Å²) in [5.74, 6) is -0.317. The predicted molar refractivity (Wildman–Crippen MR) is 74.5 cm³/mol. The van der Waals surface area contributed by atoms with Crippen molar-refractivity contribution >= 4 is 5.97 Å². The number of ether oxygens (including phenoxy) is 2. The molecule has 0 aliphatic heterocycles. The molecule has 110 valence electrons. The Balaban J connectivity index is 2.81. The van der Waals surface area contributed by atoms with Crippen LogP contribution in [0.1, 0.15) is 40.0 Å². The Bertz CT molecular complexity index is 327. The van der Waals surface area contributed by atoms with Crippen LogP contribution in [0.2, 0.25) is 0 Å². The van der Waals surface area contributed by atoms with Gasteiger partial charge < -0.3 is 20.9 Å². The Morgan fingerprint density at radius 2 is 2.00 bits per heavy atom. The fraction of sp³-hybridized carbons (Fsp3) is 0.786. The average Bonchev–Trinajstić information content (AvgIpc) is 2.40. The molecule has 1 rings (SSSR count). The Morgan fingerprint density at radius 1 is 1.37 bits per heavy atom. The second-order valence-corrected chi connectivity index (χ2v) is 4.90. The van der Waals surface area contributed by atoms with Gasteiger partial charge in [-0.2, -0.15) is 0 Å². The van der Waals surface area contributed by atoms with Crippen molar-refractivity contribution in [3.63, 3.8) is 0 Å². The second kappa shape index (κ2) is 7.62. The van der Waals surface area contributed by atoms with E-state index in [1.807, 2.05) is 0 Å². The normalized spacial score (nSPS) is 27.3. The molecule has 1 unspecified atom stereocenters. The van der Waals surface area contributed by atoms with Crippen LogP contribution in [0.4, 0.5) is 0 Å². The van der Waals surface area contributed by atoms with Crippen molar-refractivity contribution in [3.05, 3.63) is 11.6 Å². The Kier molecular flexibility index (Phi) is 6.48. The zero-order chi connectivity index (χ0) is 14.4. The lowest BCUT2D eigenvalue weighted by Crippen LogP contribution is -2.53. The van der Waals surface area contributed by atoms with Crippen molar-refractivity contribution in [2.75, 3.05) is 6.61 Å². The van der Waals surface area contributed by atoms with Gasteiger partial charge in [0.1, 0.15) is 0 Å². The molecule has 19 heavy (non-hydrogen) atoms. The molecule has 0 radical (unpaired) electrons. The van der Waals surface area contributed by atoms with Gasteiger partial charge in [0, 0.05) is 17.7 Å². The van der Waals surface area contributed by atoms with Crippen LogP contribution in [0.15, 0.2) is 11.6 Å². The van der Waals surface area contributed by atoms with E-state index in [-0.39, 0.29) is 30.3 Å². The van der Waals surface area contributed by atoms with Gasteiger partial charge in [-0.15, -0.1) is 0 Å². The predicted octanol–water partition coefficient (Wildman–Crippen LogP) is 1.11. The van der Waals surface area contributed by atoms with Gasteiger partial charge in [0.15, 0.2) is 0 Å². The summed E-state index contributed by atoms with van der Waals surface area (Å²) in [7, 11) is 0. The molecule has 5 nitrogen and oxygen atoms in total. The summed E-state index contributed by atoms with van der Waals surface area (Å²) in [4.78, 5) is 11.8. The van der Waals surface area contributed by atoms with Crippen LogP contribution in [0.3, 0.4) is 0 Å². The monoisotopic (exact) mass is 270 g/mol. The number of carbonyl (C=O) groups excluding carboxylic acids is 1. The third kappa shape index (κ3) is 4.30. The first kappa shape index (κ1) is 16.1. The van der Waals surface area contributed by atoms with E-state index in [1.165, 1.54) is 0 Å². The summed E-state index contributed by atoms with van der Waals surface area (Å²) in [5, 5.41) is 0. The maximum Gasteiger partial charge on any atom is 0.333 e. The van der Waals surface area contributed by atoms with Gasteiger partial charge in [-0.25, -0.2) is 4.79 Å². The lowest BCUT2D eigenvalue weighted by atomic mass is 9.89. The van der Waals surface area contributed by atoms with E-state index in [9.17, 15) is 4.79 Å². The summed E-state index contributed by atoms with van der Waals surface area (Å²) >= 11 is 0. The highest BCUT2D eigenvalue weighted by Gasteiger charge is 2.32. The molecule has 0 saturated heterocycles. The van der Waals surface area contributed by atoms with Crippen LogP contribution < -0.4 is 11.5 Å². The summed E-state index contributed by atoms with van der Waals surface area (Å²) in [6.07, 6.45) is 3.89. The Morgan fingerprint density at radius 3 is 2.53 bits per heavy atom. The maximum absolute atomic E-state index is 11.8. The molecular formula is C14H26N2O3. The third-order valence-electron chi connectivity index (χ3n) is 3.49. The van der Waals surface area contributed by atoms with E-state index < -0.39 is 0 Å². The molecule has 0 aromatic heterocycles.